The summed E-state index contributed by atoms with van der Waals surface area (Å²) in [5.74, 6) is -0.958. The van der Waals surface area contributed by atoms with E-state index >= 15 is 0 Å². The lowest BCUT2D eigenvalue weighted by atomic mass is 9.87. The van der Waals surface area contributed by atoms with Crippen molar-refractivity contribution >= 4 is 11.6 Å². The van der Waals surface area contributed by atoms with Crippen LogP contribution in [0.15, 0.2) is 34.5 Å². The van der Waals surface area contributed by atoms with E-state index in [0.29, 0.717) is 5.57 Å². The highest BCUT2D eigenvalue weighted by molar-refractivity contribution is 6.25. The summed E-state index contributed by atoms with van der Waals surface area (Å²) in [4.78, 5) is 24.6. The Labute approximate surface area is 110 Å². The zero-order valence-electron chi connectivity index (χ0n) is 10.9. The molecular weight excluding hydrogens is 252 g/mol. The Morgan fingerprint density at radius 2 is 1.63 bits per heavy atom. The molecule has 0 atom stereocenters. The van der Waals surface area contributed by atoms with Gasteiger partial charge in [-0.25, -0.2) is 0 Å². The van der Waals surface area contributed by atoms with Gasteiger partial charge in [0.1, 0.15) is 0 Å². The fourth-order valence-corrected chi connectivity index (χ4v) is 2.13. The lowest BCUT2D eigenvalue weighted by Crippen LogP contribution is -2.32. The summed E-state index contributed by atoms with van der Waals surface area (Å²) in [7, 11) is 4.11. The van der Waals surface area contributed by atoms with Crippen molar-refractivity contribution in [2.75, 3.05) is 34.5 Å². The predicted molar refractivity (Wildman–Crippen MR) is 64.0 cm³/mol. The van der Waals surface area contributed by atoms with E-state index < -0.39 is 5.78 Å². The first kappa shape index (κ1) is 13.4. The van der Waals surface area contributed by atoms with E-state index in [9.17, 15) is 9.59 Å². The molecule has 19 heavy (non-hydrogen) atoms. The topological polar surface area (TPSA) is 71.1 Å². The third kappa shape index (κ3) is 2.04. The number of Topliss-reactive ketones (excluding diaryl/α,β-unsaturated/α-hetero) is 2. The Morgan fingerprint density at radius 1 is 1.00 bits per heavy atom. The second-order valence-electron chi connectivity index (χ2n) is 3.95. The average Bonchev–Trinajstić information content (AvgIpc) is 2.42. The molecule has 0 saturated heterocycles. The van der Waals surface area contributed by atoms with Crippen LogP contribution in [0.1, 0.15) is 0 Å². The van der Waals surface area contributed by atoms with Gasteiger partial charge in [-0.1, -0.05) is 0 Å². The van der Waals surface area contributed by atoms with Crippen LogP contribution in [0.25, 0.3) is 0 Å². The summed E-state index contributed by atoms with van der Waals surface area (Å²) in [5, 5.41) is 0. The Morgan fingerprint density at radius 3 is 2.21 bits per heavy atom. The molecule has 0 spiro atoms. The van der Waals surface area contributed by atoms with E-state index in [1.54, 1.807) is 0 Å². The minimum absolute atomic E-state index is 0.0742. The van der Waals surface area contributed by atoms with Gasteiger partial charge in [-0.2, -0.15) is 0 Å². The predicted octanol–water partition coefficient (Wildman–Crippen LogP) is 0.500. The lowest BCUT2D eigenvalue weighted by Gasteiger charge is -2.26. The maximum absolute atomic E-state index is 12.4. The standard InChI is InChI=1S/C13H14O6/c1-16-4-7-5-19-6-8-9(7)11(15)13(18-3)12(17-2)10(8)14/h4H,5-6H2,1-3H3/b7-4+. The number of methoxy groups -OCH3 is 3. The van der Waals surface area contributed by atoms with Crippen LogP contribution < -0.4 is 0 Å². The van der Waals surface area contributed by atoms with Crippen LogP contribution in [0.3, 0.4) is 0 Å². The number of ketones is 2. The molecule has 0 radical (unpaired) electrons. The summed E-state index contributed by atoms with van der Waals surface area (Å²) in [6, 6.07) is 0. The number of carbonyl (C=O) groups is 2. The minimum atomic E-state index is -0.393. The zero-order valence-corrected chi connectivity index (χ0v) is 10.9. The molecule has 0 bridgehead atoms. The number of hydrogen-bond acceptors (Lipinski definition) is 6. The second-order valence-corrected chi connectivity index (χ2v) is 3.95. The molecular formula is C13H14O6. The van der Waals surface area contributed by atoms with Crippen LogP contribution in [-0.2, 0) is 28.5 Å². The van der Waals surface area contributed by atoms with Crippen LogP contribution in [0.2, 0.25) is 0 Å². The molecule has 0 fully saturated rings. The van der Waals surface area contributed by atoms with Crippen molar-refractivity contribution in [3.63, 3.8) is 0 Å². The molecule has 2 rings (SSSR count). The molecule has 0 saturated carbocycles. The summed E-state index contributed by atoms with van der Waals surface area (Å²) >= 11 is 0. The molecule has 0 aromatic heterocycles. The van der Waals surface area contributed by atoms with E-state index in [0.717, 1.165) is 0 Å². The Kier molecular flexibility index (Phi) is 3.71. The molecule has 0 amide bonds. The molecule has 6 heteroatoms. The molecule has 0 aromatic carbocycles. The van der Waals surface area contributed by atoms with Crippen molar-refractivity contribution < 1.29 is 28.5 Å². The van der Waals surface area contributed by atoms with Gasteiger partial charge in [-0.05, 0) is 0 Å². The van der Waals surface area contributed by atoms with Crippen LogP contribution in [0.5, 0.6) is 0 Å². The lowest BCUT2D eigenvalue weighted by molar-refractivity contribution is -0.121. The maximum Gasteiger partial charge on any atom is 0.232 e. The Hall–Kier alpha value is -2.08. The number of carbonyl (C=O) groups excluding carboxylic acids is 2. The molecule has 1 heterocycles. The van der Waals surface area contributed by atoms with Crippen molar-refractivity contribution in [3.05, 3.63) is 34.5 Å². The van der Waals surface area contributed by atoms with Crippen molar-refractivity contribution in [2.24, 2.45) is 0 Å². The zero-order chi connectivity index (χ0) is 14.0. The first-order valence-corrected chi connectivity index (χ1v) is 5.60. The summed E-state index contributed by atoms with van der Waals surface area (Å²) < 4.78 is 20.2. The van der Waals surface area contributed by atoms with E-state index in [1.165, 1.54) is 27.6 Å². The van der Waals surface area contributed by atoms with E-state index in [4.69, 9.17) is 18.9 Å². The van der Waals surface area contributed by atoms with Crippen molar-refractivity contribution in [1.82, 2.24) is 0 Å². The third-order valence-corrected chi connectivity index (χ3v) is 2.92. The van der Waals surface area contributed by atoms with Crippen molar-refractivity contribution in [3.8, 4) is 0 Å². The summed E-state index contributed by atoms with van der Waals surface area (Å²) in [5.41, 5.74) is 1.08. The second kappa shape index (κ2) is 5.27. The monoisotopic (exact) mass is 266 g/mol. The molecule has 1 aliphatic heterocycles. The number of rotatable bonds is 3. The fourth-order valence-electron chi connectivity index (χ4n) is 2.13. The van der Waals surface area contributed by atoms with Crippen LogP contribution in [0.4, 0.5) is 0 Å². The van der Waals surface area contributed by atoms with Gasteiger partial charge in [0.05, 0.1) is 40.8 Å². The highest BCUT2D eigenvalue weighted by Crippen LogP contribution is 2.32. The number of allylic oxidation sites excluding steroid dienone is 2. The Bertz CT molecular complexity index is 523. The average molecular weight is 266 g/mol. The molecule has 2 aliphatic rings. The fraction of sp³-hybridized carbons (Fsp3) is 0.385. The van der Waals surface area contributed by atoms with Gasteiger partial charge in [0.2, 0.25) is 23.1 Å². The quantitative estimate of drug-likeness (QED) is 0.547. The molecule has 1 aliphatic carbocycles. The van der Waals surface area contributed by atoms with E-state index in [2.05, 4.69) is 0 Å². The molecule has 102 valence electrons. The molecule has 0 aromatic rings. The summed E-state index contributed by atoms with van der Waals surface area (Å²) in [6.45, 7) is 0.288. The number of ether oxygens (including phenoxy) is 4. The third-order valence-electron chi connectivity index (χ3n) is 2.92. The SMILES string of the molecule is CO/C=C1\COCC2=C1C(=O)C(OC)=C(OC)C2=O. The smallest absolute Gasteiger partial charge is 0.232 e. The number of hydrogen-bond donors (Lipinski definition) is 0. The van der Waals surface area contributed by atoms with Crippen LogP contribution in [0, 0.1) is 0 Å². The maximum atomic E-state index is 12.4. The highest BCUT2D eigenvalue weighted by Gasteiger charge is 2.40. The van der Waals surface area contributed by atoms with Gasteiger partial charge in [0.25, 0.3) is 0 Å². The summed E-state index contributed by atoms with van der Waals surface area (Å²) in [6.07, 6.45) is 1.39. The van der Waals surface area contributed by atoms with Gasteiger partial charge in [-0.3, -0.25) is 9.59 Å². The van der Waals surface area contributed by atoms with Crippen LogP contribution >= 0.6 is 0 Å². The molecule has 0 N–H and O–H groups in total. The minimum Gasteiger partial charge on any atom is -0.504 e. The van der Waals surface area contributed by atoms with Gasteiger partial charge in [-0.15, -0.1) is 0 Å². The van der Waals surface area contributed by atoms with Crippen molar-refractivity contribution in [2.45, 2.75) is 0 Å². The van der Waals surface area contributed by atoms with Crippen LogP contribution in [-0.4, -0.2) is 46.1 Å². The first-order chi connectivity index (χ1) is 9.15. The van der Waals surface area contributed by atoms with Gasteiger partial charge in [0, 0.05) is 16.7 Å². The normalized spacial score (nSPS) is 21.7. The molecule has 6 nitrogen and oxygen atoms in total. The Balaban J connectivity index is 2.57. The highest BCUT2D eigenvalue weighted by atomic mass is 16.5. The largest absolute Gasteiger partial charge is 0.504 e. The van der Waals surface area contributed by atoms with Gasteiger partial charge >= 0.3 is 0 Å². The molecule has 0 unspecified atom stereocenters. The van der Waals surface area contributed by atoms with E-state index in [1.807, 2.05) is 0 Å². The van der Waals surface area contributed by atoms with Gasteiger partial charge in [0.15, 0.2) is 0 Å². The van der Waals surface area contributed by atoms with Crippen molar-refractivity contribution in [1.29, 1.82) is 0 Å². The van der Waals surface area contributed by atoms with E-state index in [-0.39, 0.29) is 41.7 Å². The van der Waals surface area contributed by atoms with Gasteiger partial charge < -0.3 is 18.9 Å². The first-order valence-electron chi connectivity index (χ1n) is 5.60.